The van der Waals surface area contributed by atoms with Crippen molar-refractivity contribution in [3.05, 3.63) is 57.9 Å². The third-order valence-electron chi connectivity index (χ3n) is 3.02. The van der Waals surface area contributed by atoms with Gasteiger partial charge in [0, 0.05) is 6.07 Å². The van der Waals surface area contributed by atoms with Crippen LogP contribution in [0.3, 0.4) is 0 Å². The Morgan fingerprint density at radius 2 is 1.88 bits per heavy atom. The Morgan fingerprint density at radius 1 is 1.17 bits per heavy atom. The molecule has 0 radical (unpaired) electrons. The summed E-state index contributed by atoms with van der Waals surface area (Å²) in [7, 11) is 2.53. The molecule has 124 valence electrons. The van der Waals surface area contributed by atoms with Crippen LogP contribution >= 0.6 is 0 Å². The van der Waals surface area contributed by atoms with Crippen molar-refractivity contribution in [2.75, 3.05) is 19.5 Å². The van der Waals surface area contributed by atoms with Gasteiger partial charge >= 0.3 is 5.97 Å². The number of esters is 1. The van der Waals surface area contributed by atoms with E-state index >= 15 is 0 Å². The highest BCUT2D eigenvalue weighted by Gasteiger charge is 2.16. The number of aromatic nitrogens is 1. The monoisotopic (exact) mass is 331 g/mol. The fourth-order valence-electron chi connectivity index (χ4n) is 1.86. The molecule has 24 heavy (non-hydrogen) atoms. The molecular formula is C15H13N3O6. The highest BCUT2D eigenvalue weighted by Crippen LogP contribution is 2.29. The molecule has 0 atom stereocenters. The van der Waals surface area contributed by atoms with Crippen molar-refractivity contribution < 1.29 is 24.0 Å². The van der Waals surface area contributed by atoms with Crippen molar-refractivity contribution in [3.63, 3.8) is 0 Å². The molecule has 0 saturated carbocycles. The van der Waals surface area contributed by atoms with Gasteiger partial charge in [-0.15, -0.1) is 0 Å². The molecule has 0 spiro atoms. The standard InChI is InChI=1S/C15H13N3O6/c1-23-13-8-9(18(21)22)6-7-10(13)17-14(19)11-4-3-5-12(16-11)15(20)24-2/h3-8H,1-2H3,(H,17,19). The number of nitro benzene ring substituents is 1. The molecule has 0 bridgehead atoms. The Bertz CT molecular complexity index is 806. The molecule has 1 aromatic carbocycles. The minimum Gasteiger partial charge on any atom is -0.494 e. The van der Waals surface area contributed by atoms with Gasteiger partial charge in [-0.2, -0.15) is 0 Å². The number of ether oxygens (including phenoxy) is 2. The lowest BCUT2D eigenvalue weighted by Crippen LogP contribution is -2.16. The summed E-state index contributed by atoms with van der Waals surface area (Å²) in [5.41, 5.74) is 0.0353. The Hall–Kier alpha value is -3.49. The first-order valence-electron chi connectivity index (χ1n) is 6.65. The second kappa shape index (κ2) is 7.18. The maximum atomic E-state index is 12.2. The van der Waals surface area contributed by atoms with Crippen LogP contribution in [0.2, 0.25) is 0 Å². The van der Waals surface area contributed by atoms with Crippen LogP contribution in [0.5, 0.6) is 5.75 Å². The smallest absolute Gasteiger partial charge is 0.356 e. The zero-order valence-corrected chi connectivity index (χ0v) is 12.8. The summed E-state index contributed by atoms with van der Waals surface area (Å²) >= 11 is 0. The highest BCUT2D eigenvalue weighted by atomic mass is 16.6. The number of pyridine rings is 1. The number of amides is 1. The molecule has 0 fully saturated rings. The largest absolute Gasteiger partial charge is 0.494 e. The number of hydrogen-bond donors (Lipinski definition) is 1. The first-order chi connectivity index (χ1) is 11.5. The average Bonchev–Trinajstić information content (AvgIpc) is 2.61. The summed E-state index contributed by atoms with van der Waals surface area (Å²) < 4.78 is 9.58. The number of methoxy groups -OCH3 is 2. The Morgan fingerprint density at radius 3 is 2.50 bits per heavy atom. The first kappa shape index (κ1) is 16.9. The van der Waals surface area contributed by atoms with E-state index in [1.165, 1.54) is 50.6 Å². The van der Waals surface area contributed by atoms with Crippen molar-refractivity contribution >= 4 is 23.3 Å². The highest BCUT2D eigenvalue weighted by molar-refractivity contribution is 6.04. The number of nitrogens with one attached hydrogen (secondary N) is 1. The van der Waals surface area contributed by atoms with Gasteiger partial charge in [-0.3, -0.25) is 14.9 Å². The van der Waals surface area contributed by atoms with Gasteiger partial charge < -0.3 is 14.8 Å². The van der Waals surface area contributed by atoms with E-state index in [-0.39, 0.29) is 28.5 Å². The van der Waals surface area contributed by atoms with Crippen molar-refractivity contribution in [2.45, 2.75) is 0 Å². The molecule has 0 aliphatic heterocycles. The predicted molar refractivity (Wildman–Crippen MR) is 83.2 cm³/mol. The summed E-state index contributed by atoms with van der Waals surface area (Å²) in [6.45, 7) is 0. The van der Waals surface area contributed by atoms with E-state index in [4.69, 9.17) is 4.74 Å². The molecule has 0 unspecified atom stereocenters. The molecule has 2 aromatic rings. The Balaban J connectivity index is 2.27. The third kappa shape index (κ3) is 3.64. The van der Waals surface area contributed by atoms with Crippen molar-refractivity contribution in [1.82, 2.24) is 4.98 Å². The number of hydrogen-bond acceptors (Lipinski definition) is 7. The minimum atomic E-state index is -0.669. The van der Waals surface area contributed by atoms with Gasteiger partial charge in [-0.05, 0) is 18.2 Å². The molecule has 0 saturated heterocycles. The predicted octanol–water partition coefficient (Wildman–Crippen LogP) is 2.04. The summed E-state index contributed by atoms with van der Waals surface area (Å²) in [4.78, 5) is 37.8. The lowest BCUT2D eigenvalue weighted by molar-refractivity contribution is -0.384. The van der Waals surface area contributed by atoms with Crippen LogP contribution in [-0.4, -0.2) is 36.0 Å². The van der Waals surface area contributed by atoms with E-state index in [0.717, 1.165) is 0 Å². The zero-order chi connectivity index (χ0) is 17.7. The van der Waals surface area contributed by atoms with E-state index < -0.39 is 16.8 Å². The molecule has 9 nitrogen and oxygen atoms in total. The summed E-state index contributed by atoms with van der Waals surface area (Å²) in [5.74, 6) is -1.15. The number of carbonyl (C=O) groups excluding carboxylic acids is 2. The number of benzene rings is 1. The van der Waals surface area contributed by atoms with Gasteiger partial charge in [0.15, 0.2) is 0 Å². The number of anilines is 1. The summed E-state index contributed by atoms with van der Waals surface area (Å²) in [5, 5.41) is 13.3. The van der Waals surface area contributed by atoms with E-state index in [0.29, 0.717) is 0 Å². The summed E-state index contributed by atoms with van der Waals surface area (Å²) in [6, 6.07) is 8.08. The second-order valence-electron chi connectivity index (χ2n) is 4.50. The normalized spacial score (nSPS) is 9.92. The van der Waals surface area contributed by atoms with Gasteiger partial charge in [-0.1, -0.05) is 6.07 Å². The van der Waals surface area contributed by atoms with Gasteiger partial charge in [0.05, 0.1) is 30.9 Å². The van der Waals surface area contributed by atoms with Crippen LogP contribution < -0.4 is 10.1 Å². The fourth-order valence-corrected chi connectivity index (χ4v) is 1.86. The summed E-state index contributed by atoms with van der Waals surface area (Å²) in [6.07, 6.45) is 0. The third-order valence-corrected chi connectivity index (χ3v) is 3.02. The van der Waals surface area contributed by atoms with Crippen LogP contribution in [-0.2, 0) is 4.74 Å². The van der Waals surface area contributed by atoms with Crippen LogP contribution in [0.15, 0.2) is 36.4 Å². The van der Waals surface area contributed by atoms with Crippen molar-refractivity contribution in [3.8, 4) is 5.75 Å². The molecular weight excluding hydrogens is 318 g/mol. The maximum absolute atomic E-state index is 12.2. The van der Waals surface area contributed by atoms with Crippen LogP contribution in [0.4, 0.5) is 11.4 Å². The van der Waals surface area contributed by atoms with Crippen LogP contribution in [0, 0.1) is 10.1 Å². The molecule has 1 aromatic heterocycles. The SMILES string of the molecule is COC(=O)c1cccc(C(=O)Nc2ccc([N+](=O)[O-])cc2OC)n1. The lowest BCUT2D eigenvalue weighted by atomic mass is 10.2. The van der Waals surface area contributed by atoms with Gasteiger partial charge in [-0.25, -0.2) is 9.78 Å². The average molecular weight is 331 g/mol. The topological polar surface area (TPSA) is 121 Å². The molecule has 1 N–H and O–H groups in total. The molecule has 1 heterocycles. The maximum Gasteiger partial charge on any atom is 0.356 e. The molecule has 0 aliphatic rings. The second-order valence-corrected chi connectivity index (χ2v) is 4.50. The van der Waals surface area contributed by atoms with Crippen LogP contribution in [0.1, 0.15) is 21.0 Å². The number of nitro groups is 1. The number of non-ortho nitro benzene ring substituents is 1. The quantitative estimate of drug-likeness (QED) is 0.505. The Kier molecular flexibility index (Phi) is 5.05. The van der Waals surface area contributed by atoms with Gasteiger partial charge in [0.25, 0.3) is 11.6 Å². The molecule has 0 aliphatic carbocycles. The number of rotatable bonds is 5. The number of nitrogens with zero attached hydrogens (tertiary/aromatic N) is 2. The van der Waals surface area contributed by atoms with Crippen LogP contribution in [0.25, 0.3) is 0 Å². The molecule has 9 heteroatoms. The first-order valence-corrected chi connectivity index (χ1v) is 6.65. The lowest BCUT2D eigenvalue weighted by Gasteiger charge is -2.10. The van der Waals surface area contributed by atoms with Crippen molar-refractivity contribution in [2.24, 2.45) is 0 Å². The fraction of sp³-hybridized carbons (Fsp3) is 0.133. The molecule has 2 rings (SSSR count). The zero-order valence-electron chi connectivity index (χ0n) is 12.8. The molecule has 1 amide bonds. The Labute approximate surface area is 136 Å². The van der Waals surface area contributed by atoms with E-state index in [9.17, 15) is 19.7 Å². The van der Waals surface area contributed by atoms with Gasteiger partial charge in [0.1, 0.15) is 17.1 Å². The van der Waals surface area contributed by atoms with E-state index in [2.05, 4.69) is 15.0 Å². The van der Waals surface area contributed by atoms with E-state index in [1.54, 1.807) is 0 Å². The van der Waals surface area contributed by atoms with Gasteiger partial charge in [0.2, 0.25) is 0 Å². The van der Waals surface area contributed by atoms with E-state index in [1.807, 2.05) is 0 Å². The minimum absolute atomic E-state index is 0.0131. The van der Waals surface area contributed by atoms with Crippen molar-refractivity contribution in [1.29, 1.82) is 0 Å². The number of carbonyl (C=O) groups is 2.